The van der Waals surface area contributed by atoms with E-state index in [1.165, 1.54) is 37.6 Å². The van der Waals surface area contributed by atoms with Crippen LogP contribution in [0.5, 0.6) is 23.0 Å². The summed E-state index contributed by atoms with van der Waals surface area (Å²) < 4.78 is 32.7. The molecule has 0 amide bonds. The fraction of sp³-hybridized carbons (Fsp3) is 0.281. The number of methoxy groups -OCH3 is 1. The van der Waals surface area contributed by atoms with Crippen LogP contribution in [-0.2, 0) is 0 Å². The molecule has 0 saturated carbocycles. The minimum atomic E-state index is -0.565. The van der Waals surface area contributed by atoms with Gasteiger partial charge >= 0.3 is 0 Å². The van der Waals surface area contributed by atoms with Gasteiger partial charge in [-0.15, -0.1) is 0 Å². The average molecular weight is 657 g/mol. The maximum Gasteiger partial charge on any atom is 0.211 e. The van der Waals surface area contributed by atoms with Gasteiger partial charge in [-0.25, -0.2) is 9.38 Å². The van der Waals surface area contributed by atoms with Crippen molar-refractivity contribution in [3.63, 3.8) is 0 Å². The van der Waals surface area contributed by atoms with Gasteiger partial charge in [0, 0.05) is 40.5 Å². The van der Waals surface area contributed by atoms with Gasteiger partial charge in [0.15, 0.2) is 23.1 Å². The lowest BCUT2D eigenvalue weighted by Gasteiger charge is -2.26. The molecule has 5 rings (SSSR count). The number of nitrogens with zero attached hydrogens (tertiary/aromatic N) is 3. The number of nitrogens with one attached hydrogen (secondary N) is 2. The van der Waals surface area contributed by atoms with Gasteiger partial charge in [0.2, 0.25) is 5.11 Å². The van der Waals surface area contributed by atoms with E-state index in [9.17, 15) is 0 Å². The predicted molar refractivity (Wildman–Crippen MR) is 179 cm³/mol. The molecule has 3 aromatic carbocycles. The number of hydrogen-bond donors (Lipinski definition) is 2. The Balaban J connectivity index is 1.21. The first-order chi connectivity index (χ1) is 21.4. The predicted octanol–water partition coefficient (Wildman–Crippen LogP) is 8.06. The van der Waals surface area contributed by atoms with Crippen molar-refractivity contribution < 1.29 is 18.6 Å². The highest BCUT2D eigenvalue weighted by molar-refractivity contribution is 7.80. The SMILES string of the molecule is COc1cc2c(Oc3ccc(/C=N/C(=S)NNc4cc(Cl)cc(Cl)c4)cc3F)ccnc2cc1OCCCN1CCCCC1. The molecule has 230 valence electrons. The van der Waals surface area contributed by atoms with Crippen LogP contribution in [0, 0.1) is 5.82 Å². The zero-order chi connectivity index (χ0) is 30.9. The van der Waals surface area contributed by atoms with E-state index >= 15 is 4.39 Å². The number of likely N-dealkylation sites (tertiary alicyclic amines) is 1. The summed E-state index contributed by atoms with van der Waals surface area (Å²) in [5, 5.41) is 1.74. The van der Waals surface area contributed by atoms with Gasteiger partial charge in [-0.05, 0) is 98.7 Å². The molecule has 0 radical (unpaired) electrons. The van der Waals surface area contributed by atoms with Crippen LogP contribution in [0.15, 0.2) is 65.8 Å². The third-order valence-corrected chi connectivity index (χ3v) is 7.64. The number of hydrogen-bond acceptors (Lipinski definition) is 7. The standard InChI is InChI=1S/C32H32Cl2FN5O3S/c1-41-30-18-25-27(19-31(30)42-13-5-12-40-10-3-2-4-11-40)36-9-8-28(25)43-29-7-6-21(14-26(29)35)20-37-32(44)39-38-24-16-22(33)15-23(34)17-24/h6-9,14-20,38H,2-5,10-13H2,1H3,(H,39,44)/b37-20+. The van der Waals surface area contributed by atoms with Crippen LogP contribution in [0.1, 0.15) is 31.2 Å². The van der Waals surface area contributed by atoms with E-state index in [4.69, 9.17) is 49.6 Å². The normalized spacial score (nSPS) is 13.6. The minimum Gasteiger partial charge on any atom is -0.493 e. The molecule has 1 aromatic heterocycles. The molecule has 0 atom stereocenters. The van der Waals surface area contributed by atoms with E-state index < -0.39 is 5.82 Å². The highest BCUT2D eigenvalue weighted by atomic mass is 35.5. The maximum absolute atomic E-state index is 15.1. The number of piperidine rings is 1. The largest absolute Gasteiger partial charge is 0.493 e. The highest BCUT2D eigenvalue weighted by Crippen LogP contribution is 2.37. The number of benzene rings is 3. The monoisotopic (exact) mass is 655 g/mol. The van der Waals surface area contributed by atoms with Gasteiger partial charge in [0.1, 0.15) is 5.75 Å². The number of pyridine rings is 1. The zero-order valence-electron chi connectivity index (χ0n) is 24.1. The molecule has 1 aliphatic rings. The van der Waals surface area contributed by atoms with Crippen molar-refractivity contribution in [2.75, 3.05) is 38.8 Å². The first-order valence-corrected chi connectivity index (χ1v) is 15.4. The summed E-state index contributed by atoms with van der Waals surface area (Å²) in [5.74, 6) is 1.08. The fourth-order valence-electron chi connectivity index (χ4n) is 4.86. The van der Waals surface area contributed by atoms with Crippen LogP contribution in [0.4, 0.5) is 10.1 Å². The number of fused-ring (bicyclic) bond motifs is 1. The number of halogens is 3. The Hall–Kier alpha value is -3.70. The Morgan fingerprint density at radius 3 is 2.55 bits per heavy atom. The average Bonchev–Trinajstić information content (AvgIpc) is 3.02. The number of thiocarbonyl (C=S) groups is 1. The molecule has 12 heteroatoms. The van der Waals surface area contributed by atoms with E-state index in [2.05, 4.69) is 25.7 Å². The Morgan fingerprint density at radius 1 is 1.00 bits per heavy atom. The van der Waals surface area contributed by atoms with Crippen molar-refractivity contribution >= 4 is 63.3 Å². The number of rotatable bonds is 11. The number of anilines is 1. The summed E-state index contributed by atoms with van der Waals surface area (Å²) in [6.07, 6.45) is 7.84. The summed E-state index contributed by atoms with van der Waals surface area (Å²) in [7, 11) is 1.59. The zero-order valence-corrected chi connectivity index (χ0v) is 26.4. The quantitative estimate of drug-likeness (QED) is 0.0727. The van der Waals surface area contributed by atoms with Crippen LogP contribution in [0.3, 0.4) is 0 Å². The molecule has 0 spiro atoms. The Labute approximate surface area is 271 Å². The lowest BCUT2D eigenvalue weighted by atomic mass is 10.1. The molecule has 0 aliphatic carbocycles. The Morgan fingerprint density at radius 2 is 1.80 bits per heavy atom. The first-order valence-electron chi connectivity index (χ1n) is 14.2. The minimum absolute atomic E-state index is 0.0480. The Kier molecular flexibility index (Phi) is 11.1. The van der Waals surface area contributed by atoms with Crippen LogP contribution in [0.2, 0.25) is 10.0 Å². The van der Waals surface area contributed by atoms with Crippen LogP contribution < -0.4 is 25.1 Å². The third-order valence-electron chi connectivity index (χ3n) is 6.99. The Bertz CT molecular complexity index is 1630. The number of ether oxygens (including phenoxy) is 3. The summed E-state index contributed by atoms with van der Waals surface area (Å²) in [5.41, 5.74) is 7.38. The van der Waals surface area contributed by atoms with Gasteiger partial charge in [-0.1, -0.05) is 29.6 Å². The van der Waals surface area contributed by atoms with Crippen LogP contribution in [-0.4, -0.2) is 54.6 Å². The van der Waals surface area contributed by atoms with E-state index in [1.54, 1.807) is 49.7 Å². The lowest BCUT2D eigenvalue weighted by molar-refractivity contribution is 0.203. The van der Waals surface area contributed by atoms with Gasteiger partial charge in [-0.3, -0.25) is 15.8 Å². The molecule has 44 heavy (non-hydrogen) atoms. The molecule has 8 nitrogen and oxygen atoms in total. The van der Waals surface area contributed by atoms with Crippen molar-refractivity contribution in [3.8, 4) is 23.0 Å². The lowest BCUT2D eigenvalue weighted by Crippen LogP contribution is -2.31. The van der Waals surface area contributed by atoms with E-state index in [0.29, 0.717) is 56.1 Å². The molecule has 4 aromatic rings. The highest BCUT2D eigenvalue weighted by Gasteiger charge is 2.15. The molecular formula is C32H32Cl2FN5O3S. The van der Waals surface area contributed by atoms with Crippen molar-refractivity contribution in [2.45, 2.75) is 25.7 Å². The smallest absolute Gasteiger partial charge is 0.211 e. The van der Waals surface area contributed by atoms with Crippen molar-refractivity contribution in [3.05, 3.63) is 82.2 Å². The second kappa shape index (κ2) is 15.3. The number of aromatic nitrogens is 1. The summed E-state index contributed by atoms with van der Waals surface area (Å²) >= 11 is 17.2. The van der Waals surface area contributed by atoms with Crippen molar-refractivity contribution in [2.24, 2.45) is 4.99 Å². The second-order valence-electron chi connectivity index (χ2n) is 10.2. The third kappa shape index (κ3) is 8.69. The molecule has 0 unspecified atom stereocenters. The van der Waals surface area contributed by atoms with Gasteiger partial charge in [0.05, 0.1) is 24.9 Å². The molecule has 1 aliphatic heterocycles. The van der Waals surface area contributed by atoms with Crippen molar-refractivity contribution in [1.82, 2.24) is 15.3 Å². The molecule has 2 heterocycles. The number of aliphatic imine (C=N–C) groups is 1. The van der Waals surface area contributed by atoms with Gasteiger partial charge in [0.25, 0.3) is 0 Å². The summed E-state index contributed by atoms with van der Waals surface area (Å²) in [4.78, 5) is 11.1. The fourth-order valence-corrected chi connectivity index (χ4v) is 5.49. The molecule has 2 N–H and O–H groups in total. The van der Waals surface area contributed by atoms with E-state index in [1.807, 2.05) is 6.07 Å². The van der Waals surface area contributed by atoms with Gasteiger partial charge in [-0.2, -0.15) is 0 Å². The van der Waals surface area contributed by atoms with Crippen molar-refractivity contribution in [1.29, 1.82) is 0 Å². The molecule has 0 bridgehead atoms. The van der Waals surface area contributed by atoms with E-state index in [-0.39, 0.29) is 10.9 Å². The van der Waals surface area contributed by atoms with E-state index in [0.717, 1.165) is 26.1 Å². The van der Waals surface area contributed by atoms with Crippen LogP contribution in [0.25, 0.3) is 10.9 Å². The summed E-state index contributed by atoms with van der Waals surface area (Å²) in [6, 6.07) is 14.8. The van der Waals surface area contributed by atoms with Crippen LogP contribution >= 0.6 is 35.4 Å². The van der Waals surface area contributed by atoms with Gasteiger partial charge < -0.3 is 19.1 Å². The second-order valence-corrected chi connectivity index (χ2v) is 11.5. The first kappa shape index (κ1) is 31.7. The molecule has 1 saturated heterocycles. The topological polar surface area (TPSA) is 80.2 Å². The maximum atomic E-state index is 15.1. The summed E-state index contributed by atoms with van der Waals surface area (Å²) in [6.45, 7) is 3.91. The molecular weight excluding hydrogens is 624 g/mol. The number of hydrazine groups is 1. The molecule has 1 fully saturated rings.